The van der Waals surface area contributed by atoms with Crippen LogP contribution in [-0.2, 0) is 10.0 Å². The molecule has 0 atom stereocenters. The number of carboxylic acids is 1. The molecule has 0 radical (unpaired) electrons. The van der Waals surface area contributed by atoms with E-state index in [4.69, 9.17) is 0 Å². The lowest BCUT2D eigenvalue weighted by atomic mass is 9.98. The summed E-state index contributed by atoms with van der Waals surface area (Å²) in [5, 5.41) is 9.35. The van der Waals surface area contributed by atoms with Crippen molar-refractivity contribution in [1.29, 1.82) is 0 Å². The van der Waals surface area contributed by atoms with Gasteiger partial charge in [-0.25, -0.2) is 13.2 Å². The fourth-order valence-corrected chi connectivity index (χ4v) is 4.87. The standard InChI is InChI=1S/C21H26N2O4S/c1-14-8-10-23(11-9-14)19-7-6-17(21(24)25)13-18(19)22-28(26,27)20-12-15(2)4-5-16(20)3/h4-7,12-14,22H,8-11H2,1-3H3,(H,24,25). The normalized spacial score (nSPS) is 15.5. The van der Waals surface area contributed by atoms with Gasteiger partial charge in [0.25, 0.3) is 10.0 Å². The number of aromatic carboxylic acids is 1. The molecule has 6 nitrogen and oxygen atoms in total. The van der Waals surface area contributed by atoms with Gasteiger partial charge in [0.15, 0.2) is 0 Å². The molecule has 1 fully saturated rings. The smallest absolute Gasteiger partial charge is 0.335 e. The summed E-state index contributed by atoms with van der Waals surface area (Å²) in [6.45, 7) is 7.41. The van der Waals surface area contributed by atoms with Crippen LogP contribution in [0, 0.1) is 19.8 Å². The fourth-order valence-electron chi connectivity index (χ4n) is 3.47. The van der Waals surface area contributed by atoms with Crippen molar-refractivity contribution in [3.63, 3.8) is 0 Å². The van der Waals surface area contributed by atoms with Crippen LogP contribution in [0.15, 0.2) is 41.3 Å². The van der Waals surface area contributed by atoms with Gasteiger partial charge in [0, 0.05) is 13.1 Å². The molecule has 0 unspecified atom stereocenters. The van der Waals surface area contributed by atoms with Gasteiger partial charge in [0.05, 0.1) is 21.8 Å². The van der Waals surface area contributed by atoms with Gasteiger partial charge in [-0.3, -0.25) is 4.72 Å². The van der Waals surface area contributed by atoms with Crippen molar-refractivity contribution in [2.75, 3.05) is 22.7 Å². The van der Waals surface area contributed by atoms with Crippen molar-refractivity contribution < 1.29 is 18.3 Å². The quantitative estimate of drug-likeness (QED) is 0.788. The summed E-state index contributed by atoms with van der Waals surface area (Å²) in [5.41, 5.74) is 2.55. The first kappa shape index (κ1) is 20.2. The molecule has 2 aromatic rings. The van der Waals surface area contributed by atoms with Gasteiger partial charge in [-0.1, -0.05) is 19.1 Å². The number of nitrogens with one attached hydrogen (secondary N) is 1. The van der Waals surface area contributed by atoms with E-state index in [2.05, 4.69) is 16.5 Å². The predicted molar refractivity (Wildman–Crippen MR) is 111 cm³/mol. The third-order valence-electron chi connectivity index (χ3n) is 5.25. The Labute approximate surface area is 166 Å². The minimum Gasteiger partial charge on any atom is -0.478 e. The molecule has 0 aromatic heterocycles. The van der Waals surface area contributed by atoms with Crippen molar-refractivity contribution in [3.8, 4) is 0 Å². The van der Waals surface area contributed by atoms with Gasteiger partial charge < -0.3 is 10.0 Å². The molecule has 3 rings (SSSR count). The molecule has 1 heterocycles. The first-order valence-corrected chi connectivity index (χ1v) is 10.9. The summed E-state index contributed by atoms with van der Waals surface area (Å²) < 4.78 is 28.8. The monoisotopic (exact) mass is 402 g/mol. The van der Waals surface area contributed by atoms with E-state index in [0.717, 1.165) is 31.5 Å². The lowest BCUT2D eigenvalue weighted by molar-refractivity contribution is 0.0697. The Morgan fingerprint density at radius 3 is 2.43 bits per heavy atom. The van der Waals surface area contributed by atoms with Gasteiger partial charge >= 0.3 is 5.97 Å². The second kappa shape index (κ2) is 7.83. The average Bonchev–Trinajstić information content (AvgIpc) is 2.64. The van der Waals surface area contributed by atoms with Crippen molar-refractivity contribution in [2.24, 2.45) is 5.92 Å². The zero-order chi connectivity index (χ0) is 20.5. The molecule has 0 aliphatic carbocycles. The highest BCUT2D eigenvalue weighted by molar-refractivity contribution is 7.92. The second-order valence-corrected chi connectivity index (χ2v) is 9.23. The highest BCUT2D eigenvalue weighted by atomic mass is 32.2. The summed E-state index contributed by atoms with van der Waals surface area (Å²) in [4.78, 5) is 13.7. The SMILES string of the molecule is Cc1ccc(C)c(S(=O)(=O)Nc2cc(C(=O)O)ccc2N2CCC(C)CC2)c1. The van der Waals surface area contributed by atoms with Crippen LogP contribution in [0.25, 0.3) is 0 Å². The van der Waals surface area contributed by atoms with Gasteiger partial charge in [-0.2, -0.15) is 0 Å². The third-order valence-corrected chi connectivity index (χ3v) is 6.75. The van der Waals surface area contributed by atoms with Gasteiger partial charge in [-0.05, 0) is 68.0 Å². The number of nitrogens with zero attached hydrogens (tertiary/aromatic N) is 1. The molecule has 2 N–H and O–H groups in total. The van der Waals surface area contributed by atoms with Crippen LogP contribution >= 0.6 is 0 Å². The number of rotatable bonds is 5. The van der Waals surface area contributed by atoms with Crippen LogP contribution in [0.2, 0.25) is 0 Å². The van der Waals surface area contributed by atoms with Gasteiger partial charge in [0.2, 0.25) is 0 Å². The van der Waals surface area contributed by atoms with Crippen molar-refractivity contribution in [3.05, 3.63) is 53.1 Å². The van der Waals surface area contributed by atoms with Crippen molar-refractivity contribution in [2.45, 2.75) is 38.5 Å². The van der Waals surface area contributed by atoms with E-state index in [1.165, 1.54) is 12.1 Å². The lowest BCUT2D eigenvalue weighted by Gasteiger charge is -2.33. The zero-order valence-corrected chi connectivity index (χ0v) is 17.2. The van der Waals surface area contributed by atoms with Crippen molar-refractivity contribution >= 4 is 27.4 Å². The second-order valence-electron chi connectivity index (χ2n) is 7.58. The summed E-state index contributed by atoms with van der Waals surface area (Å²) in [6, 6.07) is 9.87. The number of anilines is 2. The number of carboxylic acid groups (broad SMARTS) is 1. The van der Waals surface area contributed by atoms with Crippen LogP contribution in [0.5, 0.6) is 0 Å². The van der Waals surface area contributed by atoms with E-state index in [-0.39, 0.29) is 10.5 Å². The zero-order valence-electron chi connectivity index (χ0n) is 16.4. The Kier molecular flexibility index (Phi) is 5.65. The maximum absolute atomic E-state index is 13.1. The molecule has 2 aromatic carbocycles. The molecule has 28 heavy (non-hydrogen) atoms. The summed E-state index contributed by atoms with van der Waals surface area (Å²) in [5.74, 6) is -0.462. The molecular weight excluding hydrogens is 376 g/mol. The molecule has 7 heteroatoms. The van der Waals surface area contributed by atoms with E-state index in [1.807, 2.05) is 13.0 Å². The summed E-state index contributed by atoms with van der Waals surface area (Å²) in [7, 11) is -3.85. The highest BCUT2D eigenvalue weighted by Gasteiger charge is 2.23. The molecular formula is C21H26N2O4S. The average molecular weight is 403 g/mol. The fraction of sp³-hybridized carbons (Fsp3) is 0.381. The number of hydrogen-bond acceptors (Lipinski definition) is 4. The molecule has 0 saturated carbocycles. The number of carbonyl (C=O) groups is 1. The largest absolute Gasteiger partial charge is 0.478 e. The Morgan fingerprint density at radius 1 is 1.11 bits per heavy atom. The minimum absolute atomic E-state index is 0.0489. The first-order chi connectivity index (χ1) is 13.2. The van der Waals surface area contributed by atoms with E-state index in [0.29, 0.717) is 22.9 Å². The summed E-state index contributed by atoms with van der Waals surface area (Å²) in [6.07, 6.45) is 2.04. The Balaban J connectivity index is 2.02. The van der Waals surface area contributed by atoms with Crippen LogP contribution in [0.4, 0.5) is 11.4 Å². The van der Waals surface area contributed by atoms with E-state index < -0.39 is 16.0 Å². The number of hydrogen-bond donors (Lipinski definition) is 2. The molecule has 1 aliphatic heterocycles. The molecule has 0 spiro atoms. The maximum atomic E-state index is 13.1. The van der Waals surface area contributed by atoms with Crippen LogP contribution in [-0.4, -0.2) is 32.6 Å². The molecule has 1 saturated heterocycles. The Morgan fingerprint density at radius 2 is 1.79 bits per heavy atom. The van der Waals surface area contributed by atoms with Crippen LogP contribution in [0.3, 0.4) is 0 Å². The maximum Gasteiger partial charge on any atom is 0.335 e. The third kappa shape index (κ3) is 4.30. The molecule has 0 bridgehead atoms. The minimum atomic E-state index is -3.85. The molecule has 0 amide bonds. The van der Waals surface area contributed by atoms with Crippen LogP contribution < -0.4 is 9.62 Å². The lowest BCUT2D eigenvalue weighted by Crippen LogP contribution is -2.33. The first-order valence-electron chi connectivity index (χ1n) is 9.40. The Bertz CT molecular complexity index is 993. The molecule has 150 valence electrons. The van der Waals surface area contributed by atoms with E-state index in [9.17, 15) is 18.3 Å². The summed E-state index contributed by atoms with van der Waals surface area (Å²) >= 11 is 0. The number of piperidine rings is 1. The Hall–Kier alpha value is -2.54. The number of aryl methyl sites for hydroxylation is 2. The number of benzene rings is 2. The van der Waals surface area contributed by atoms with Gasteiger partial charge in [-0.15, -0.1) is 0 Å². The van der Waals surface area contributed by atoms with Gasteiger partial charge in [0.1, 0.15) is 0 Å². The predicted octanol–water partition coefficient (Wildman–Crippen LogP) is 4.04. The van der Waals surface area contributed by atoms with Crippen molar-refractivity contribution in [1.82, 2.24) is 0 Å². The molecule has 1 aliphatic rings. The van der Waals surface area contributed by atoms with Crippen LogP contribution in [0.1, 0.15) is 41.3 Å². The van der Waals surface area contributed by atoms with E-state index in [1.54, 1.807) is 25.1 Å². The topological polar surface area (TPSA) is 86.7 Å². The highest BCUT2D eigenvalue weighted by Crippen LogP contribution is 2.33. The van der Waals surface area contributed by atoms with E-state index >= 15 is 0 Å². The number of sulfonamides is 1.